The molecule has 110 valence electrons. The van der Waals surface area contributed by atoms with Crippen LogP contribution in [0.4, 0.5) is 0 Å². The van der Waals surface area contributed by atoms with Gasteiger partial charge >= 0.3 is 0 Å². The van der Waals surface area contributed by atoms with Crippen molar-refractivity contribution in [1.29, 1.82) is 0 Å². The van der Waals surface area contributed by atoms with E-state index < -0.39 is 0 Å². The Balaban J connectivity index is 0.000000497. The molecular weight excluding hydrogens is 262 g/mol. The van der Waals surface area contributed by atoms with E-state index in [-0.39, 0.29) is 6.10 Å². The van der Waals surface area contributed by atoms with Gasteiger partial charge < -0.3 is 10.6 Å². The van der Waals surface area contributed by atoms with E-state index in [9.17, 15) is 0 Å². The molecule has 1 atom stereocenters. The van der Waals surface area contributed by atoms with Gasteiger partial charge in [0.1, 0.15) is 6.10 Å². The summed E-state index contributed by atoms with van der Waals surface area (Å²) in [6.45, 7) is 4.68. The Morgan fingerprint density at radius 3 is 2.33 bits per heavy atom. The van der Waals surface area contributed by atoms with Crippen LogP contribution in [0.25, 0.3) is 11.1 Å². The summed E-state index contributed by atoms with van der Waals surface area (Å²) in [7, 11) is 0. The lowest BCUT2D eigenvalue weighted by molar-refractivity contribution is 0.0995. The Kier molecular flexibility index (Phi) is 5.46. The lowest BCUT2D eigenvalue weighted by atomic mass is 10.0. The number of hydrogen-bond acceptors (Lipinski definition) is 4. The molecule has 0 saturated heterocycles. The van der Waals surface area contributed by atoms with Gasteiger partial charge in [-0.15, -0.1) is 0 Å². The number of hydrogen-bond donors (Lipinski definition) is 1. The van der Waals surface area contributed by atoms with Crippen molar-refractivity contribution in [2.75, 3.05) is 6.54 Å². The molecule has 2 heterocycles. The van der Waals surface area contributed by atoms with Gasteiger partial charge in [0.2, 0.25) is 0 Å². The van der Waals surface area contributed by atoms with Crippen molar-refractivity contribution in [2.45, 2.75) is 26.4 Å². The molecule has 3 rings (SSSR count). The van der Waals surface area contributed by atoms with E-state index in [4.69, 9.17) is 10.6 Å². The van der Waals surface area contributed by atoms with E-state index in [1.807, 2.05) is 26.1 Å². The summed E-state index contributed by atoms with van der Waals surface area (Å²) in [5.41, 5.74) is 9.30. The van der Waals surface area contributed by atoms with Crippen molar-refractivity contribution in [3.8, 4) is 11.1 Å². The Morgan fingerprint density at radius 1 is 1.14 bits per heavy atom. The van der Waals surface area contributed by atoms with Crippen molar-refractivity contribution < 1.29 is 4.84 Å². The lowest BCUT2D eigenvalue weighted by Crippen LogP contribution is -2.02. The van der Waals surface area contributed by atoms with E-state index in [0.717, 1.165) is 29.8 Å². The number of pyridine rings is 1. The summed E-state index contributed by atoms with van der Waals surface area (Å²) in [6, 6.07) is 12.4. The van der Waals surface area contributed by atoms with E-state index in [0.29, 0.717) is 0 Å². The SMILES string of the molecule is CCN.C[C@H]1CC(c2ccc(-c3cccnc3)cc2)=NO1. The van der Waals surface area contributed by atoms with Crippen LogP contribution < -0.4 is 5.73 Å². The fraction of sp³-hybridized carbons (Fsp3) is 0.294. The molecular formula is C17H21N3O. The van der Waals surface area contributed by atoms with Crippen molar-refractivity contribution >= 4 is 5.71 Å². The molecule has 0 saturated carbocycles. The van der Waals surface area contributed by atoms with Crippen LogP contribution in [0.5, 0.6) is 0 Å². The van der Waals surface area contributed by atoms with Gasteiger partial charge in [0, 0.05) is 18.8 Å². The molecule has 1 aliphatic rings. The zero-order chi connectivity index (χ0) is 15.1. The minimum atomic E-state index is 0.193. The number of oxime groups is 1. The minimum Gasteiger partial charge on any atom is -0.392 e. The summed E-state index contributed by atoms with van der Waals surface area (Å²) in [6.07, 6.45) is 4.72. The maximum atomic E-state index is 5.21. The number of benzene rings is 1. The van der Waals surface area contributed by atoms with Crippen LogP contribution in [0.1, 0.15) is 25.8 Å². The molecule has 0 spiro atoms. The molecule has 21 heavy (non-hydrogen) atoms. The first-order chi connectivity index (χ1) is 10.2. The van der Waals surface area contributed by atoms with Gasteiger partial charge in [0.25, 0.3) is 0 Å². The molecule has 4 heteroatoms. The first-order valence-corrected chi connectivity index (χ1v) is 7.18. The Hall–Kier alpha value is -2.20. The number of nitrogens with two attached hydrogens (primary N) is 1. The topological polar surface area (TPSA) is 60.5 Å². The molecule has 1 aromatic carbocycles. The van der Waals surface area contributed by atoms with Gasteiger partial charge in [0.05, 0.1) is 5.71 Å². The quantitative estimate of drug-likeness (QED) is 0.920. The predicted octanol–water partition coefficient (Wildman–Crippen LogP) is 3.23. The van der Waals surface area contributed by atoms with Crippen molar-refractivity contribution in [2.24, 2.45) is 10.9 Å². The van der Waals surface area contributed by atoms with Crippen LogP contribution in [0, 0.1) is 0 Å². The number of rotatable bonds is 2. The average molecular weight is 283 g/mol. The van der Waals surface area contributed by atoms with Crippen LogP contribution >= 0.6 is 0 Å². The molecule has 0 radical (unpaired) electrons. The highest BCUT2D eigenvalue weighted by molar-refractivity contribution is 6.01. The zero-order valence-electron chi connectivity index (χ0n) is 12.5. The third-order valence-corrected chi connectivity index (χ3v) is 3.04. The van der Waals surface area contributed by atoms with Crippen LogP contribution in [0.3, 0.4) is 0 Å². The molecule has 2 aromatic rings. The highest BCUT2D eigenvalue weighted by Crippen LogP contribution is 2.21. The molecule has 0 unspecified atom stereocenters. The summed E-state index contributed by atoms with van der Waals surface area (Å²) in [4.78, 5) is 9.34. The molecule has 0 fully saturated rings. The highest BCUT2D eigenvalue weighted by Gasteiger charge is 2.17. The predicted molar refractivity (Wildman–Crippen MR) is 86.1 cm³/mol. The molecule has 0 aliphatic carbocycles. The van der Waals surface area contributed by atoms with Crippen LogP contribution in [-0.4, -0.2) is 23.3 Å². The maximum Gasteiger partial charge on any atom is 0.130 e. The number of aromatic nitrogens is 1. The fourth-order valence-electron chi connectivity index (χ4n) is 2.06. The van der Waals surface area contributed by atoms with Crippen LogP contribution in [0.2, 0.25) is 0 Å². The third-order valence-electron chi connectivity index (χ3n) is 3.04. The largest absolute Gasteiger partial charge is 0.392 e. The second-order valence-corrected chi connectivity index (χ2v) is 4.89. The summed E-state index contributed by atoms with van der Waals surface area (Å²) >= 11 is 0. The van der Waals surface area contributed by atoms with Gasteiger partial charge in [-0.25, -0.2) is 0 Å². The fourth-order valence-corrected chi connectivity index (χ4v) is 2.06. The van der Waals surface area contributed by atoms with Crippen molar-refractivity contribution in [1.82, 2.24) is 4.98 Å². The minimum absolute atomic E-state index is 0.193. The average Bonchev–Trinajstić information content (AvgIpc) is 2.96. The summed E-state index contributed by atoms with van der Waals surface area (Å²) < 4.78 is 0. The van der Waals surface area contributed by atoms with Gasteiger partial charge in [-0.3, -0.25) is 4.98 Å². The van der Waals surface area contributed by atoms with E-state index in [2.05, 4.69) is 40.5 Å². The zero-order valence-corrected chi connectivity index (χ0v) is 12.5. The smallest absolute Gasteiger partial charge is 0.130 e. The van der Waals surface area contributed by atoms with Gasteiger partial charge in [-0.05, 0) is 36.2 Å². The Labute approximate surface area is 125 Å². The maximum absolute atomic E-state index is 5.21. The molecule has 1 aliphatic heterocycles. The molecule has 0 bridgehead atoms. The van der Waals surface area contributed by atoms with E-state index in [1.54, 1.807) is 6.20 Å². The third kappa shape index (κ3) is 4.13. The Bertz CT molecular complexity index is 579. The van der Waals surface area contributed by atoms with Crippen LogP contribution in [0.15, 0.2) is 53.9 Å². The van der Waals surface area contributed by atoms with E-state index >= 15 is 0 Å². The number of nitrogens with zero attached hydrogens (tertiary/aromatic N) is 2. The van der Waals surface area contributed by atoms with Crippen molar-refractivity contribution in [3.05, 3.63) is 54.4 Å². The van der Waals surface area contributed by atoms with Gasteiger partial charge in [0.15, 0.2) is 0 Å². The van der Waals surface area contributed by atoms with Crippen LogP contribution in [-0.2, 0) is 4.84 Å². The molecule has 2 N–H and O–H groups in total. The van der Waals surface area contributed by atoms with E-state index in [1.165, 1.54) is 5.56 Å². The van der Waals surface area contributed by atoms with Gasteiger partial charge in [-0.2, -0.15) is 0 Å². The van der Waals surface area contributed by atoms with Gasteiger partial charge in [-0.1, -0.05) is 42.4 Å². The highest BCUT2D eigenvalue weighted by atomic mass is 16.6. The Morgan fingerprint density at radius 2 is 1.81 bits per heavy atom. The molecule has 1 aromatic heterocycles. The standard InChI is InChI=1S/C15H14N2O.C2H7N/c1-11-9-15(17-18-11)13-6-4-12(5-7-13)14-3-2-8-16-10-14;1-2-3/h2-8,10-11H,9H2,1H3;2-3H2,1H3/t11-;/m0./s1. The molecule has 4 nitrogen and oxygen atoms in total. The monoisotopic (exact) mass is 283 g/mol. The second-order valence-electron chi connectivity index (χ2n) is 4.89. The molecule has 0 amide bonds. The first-order valence-electron chi connectivity index (χ1n) is 7.18. The van der Waals surface area contributed by atoms with Crippen molar-refractivity contribution in [3.63, 3.8) is 0 Å². The summed E-state index contributed by atoms with van der Waals surface area (Å²) in [5, 5.41) is 4.09. The summed E-state index contributed by atoms with van der Waals surface area (Å²) in [5.74, 6) is 0. The normalized spacial score (nSPS) is 16.5. The lowest BCUT2D eigenvalue weighted by Gasteiger charge is -2.03. The second kappa shape index (κ2) is 7.55. The first kappa shape index (κ1) is 15.2.